The Morgan fingerprint density at radius 3 is 2.29 bits per heavy atom. The van der Waals surface area contributed by atoms with Crippen LogP contribution in [0.15, 0.2) is 51.9 Å². The van der Waals surface area contributed by atoms with Gasteiger partial charge in [-0.05, 0) is 29.8 Å². The fraction of sp³-hybridized carbons (Fsp3) is 0.444. The van der Waals surface area contributed by atoms with Gasteiger partial charge in [-0.3, -0.25) is 4.79 Å². The van der Waals surface area contributed by atoms with Crippen molar-refractivity contribution in [3.63, 3.8) is 0 Å². The Labute approximate surface area is 232 Å². The number of rotatable bonds is 7. The van der Waals surface area contributed by atoms with Gasteiger partial charge in [0, 0.05) is 0 Å². The van der Waals surface area contributed by atoms with E-state index in [-0.39, 0.29) is 28.9 Å². The van der Waals surface area contributed by atoms with Crippen molar-refractivity contribution in [2.24, 2.45) is 0 Å². The van der Waals surface area contributed by atoms with Crippen molar-refractivity contribution in [2.45, 2.75) is 55.3 Å². The molecule has 14 nitrogen and oxygen atoms in total. The predicted molar refractivity (Wildman–Crippen MR) is 137 cm³/mol. The molecule has 14 heteroatoms. The standard InChI is InChI=1S/C27H30O14/c1-36-12-4-2-11(3-5-12)14-8-37-25-13(18(14)29)6-7-16(21(25)32)40-27-24(35)22(33)20(31)17(41-27)10-39-26-23(34)19(30)15(28)9-38-26/h2-8,15,17,19-20,22-24,26-28,30-35H,9-10H2,1H3. The van der Waals surface area contributed by atoms with E-state index in [1.165, 1.54) is 25.5 Å². The van der Waals surface area contributed by atoms with E-state index in [9.17, 15) is 40.5 Å². The first-order valence-corrected chi connectivity index (χ1v) is 12.7. The van der Waals surface area contributed by atoms with E-state index in [2.05, 4.69) is 0 Å². The molecule has 2 saturated heterocycles. The summed E-state index contributed by atoms with van der Waals surface area (Å²) in [7, 11) is 1.52. The van der Waals surface area contributed by atoms with Gasteiger partial charge < -0.3 is 63.8 Å². The summed E-state index contributed by atoms with van der Waals surface area (Å²) in [6, 6.07) is 9.34. The van der Waals surface area contributed by atoms with Gasteiger partial charge in [0.2, 0.25) is 17.5 Å². The summed E-state index contributed by atoms with van der Waals surface area (Å²) in [5.74, 6) is -0.222. The number of ether oxygens (including phenoxy) is 5. The third-order valence-corrected chi connectivity index (χ3v) is 7.07. The van der Waals surface area contributed by atoms with Gasteiger partial charge in [-0.1, -0.05) is 12.1 Å². The number of aromatic hydroxyl groups is 1. The summed E-state index contributed by atoms with van der Waals surface area (Å²) in [5, 5.41) is 71.5. The highest BCUT2D eigenvalue weighted by Gasteiger charge is 2.46. The van der Waals surface area contributed by atoms with E-state index in [0.717, 1.165) is 0 Å². The molecule has 9 atom stereocenters. The minimum atomic E-state index is -1.77. The number of hydrogen-bond acceptors (Lipinski definition) is 14. The Morgan fingerprint density at radius 1 is 0.878 bits per heavy atom. The lowest BCUT2D eigenvalue weighted by molar-refractivity contribution is -0.307. The summed E-state index contributed by atoms with van der Waals surface area (Å²) >= 11 is 0. The van der Waals surface area contributed by atoms with Crippen molar-refractivity contribution in [3.05, 3.63) is 52.9 Å². The van der Waals surface area contributed by atoms with Crippen LogP contribution in [0.3, 0.4) is 0 Å². The Morgan fingerprint density at radius 2 is 1.59 bits per heavy atom. The highest BCUT2D eigenvalue weighted by molar-refractivity contribution is 5.87. The zero-order valence-corrected chi connectivity index (χ0v) is 21.6. The normalized spacial score (nSPS) is 32.1. The van der Waals surface area contributed by atoms with Crippen LogP contribution in [-0.2, 0) is 14.2 Å². The molecular formula is C27H30O14. The Bertz CT molecular complexity index is 1410. The van der Waals surface area contributed by atoms with Crippen molar-refractivity contribution < 1.29 is 63.8 Å². The molecule has 0 amide bonds. The summed E-state index contributed by atoms with van der Waals surface area (Å²) < 4.78 is 32.4. The van der Waals surface area contributed by atoms with E-state index in [1.807, 2.05) is 0 Å². The highest BCUT2D eigenvalue weighted by Crippen LogP contribution is 2.37. The number of hydrogen-bond donors (Lipinski definition) is 7. The van der Waals surface area contributed by atoms with Crippen molar-refractivity contribution in [2.75, 3.05) is 20.3 Å². The lowest BCUT2D eigenvalue weighted by Gasteiger charge is -2.41. The molecule has 41 heavy (non-hydrogen) atoms. The van der Waals surface area contributed by atoms with E-state index in [0.29, 0.717) is 11.3 Å². The zero-order chi connectivity index (χ0) is 29.4. The average Bonchev–Trinajstić information content (AvgIpc) is 2.98. The molecule has 0 saturated carbocycles. The molecule has 1 aromatic heterocycles. The van der Waals surface area contributed by atoms with Crippen LogP contribution in [0.1, 0.15) is 0 Å². The van der Waals surface area contributed by atoms with Gasteiger partial charge >= 0.3 is 0 Å². The fourth-order valence-corrected chi connectivity index (χ4v) is 4.62. The molecule has 2 fully saturated rings. The van der Waals surface area contributed by atoms with Crippen LogP contribution in [-0.4, -0.2) is 111 Å². The second-order valence-corrected chi connectivity index (χ2v) is 9.71. The topological polar surface area (TPSA) is 218 Å². The maximum absolute atomic E-state index is 13.1. The van der Waals surface area contributed by atoms with Gasteiger partial charge in [0.25, 0.3) is 0 Å². The van der Waals surface area contributed by atoms with Crippen LogP contribution < -0.4 is 14.9 Å². The molecule has 222 valence electrons. The number of aliphatic hydroxyl groups is 6. The first-order valence-electron chi connectivity index (χ1n) is 12.7. The summed E-state index contributed by atoms with van der Waals surface area (Å²) in [6.07, 6.45) is -12.8. The maximum Gasteiger partial charge on any atom is 0.229 e. The minimum absolute atomic E-state index is 0.0494. The number of fused-ring (bicyclic) bond motifs is 1. The first-order chi connectivity index (χ1) is 19.6. The van der Waals surface area contributed by atoms with Crippen LogP contribution in [0, 0.1) is 0 Å². The molecule has 5 rings (SSSR count). The third-order valence-electron chi connectivity index (χ3n) is 7.07. The van der Waals surface area contributed by atoms with Gasteiger partial charge in [0.1, 0.15) is 54.7 Å². The van der Waals surface area contributed by atoms with Gasteiger partial charge in [0.05, 0.1) is 31.3 Å². The highest BCUT2D eigenvalue weighted by atomic mass is 16.7. The van der Waals surface area contributed by atoms with Crippen LogP contribution in [0.5, 0.6) is 17.2 Å². The Hall–Kier alpha value is -3.31. The largest absolute Gasteiger partial charge is 0.502 e. The maximum atomic E-state index is 13.1. The zero-order valence-electron chi connectivity index (χ0n) is 21.6. The van der Waals surface area contributed by atoms with E-state index >= 15 is 0 Å². The number of benzene rings is 2. The van der Waals surface area contributed by atoms with Crippen molar-refractivity contribution in [3.8, 4) is 28.4 Å². The van der Waals surface area contributed by atoms with Crippen LogP contribution in [0.4, 0.5) is 0 Å². The summed E-state index contributed by atoms with van der Waals surface area (Å²) in [4.78, 5) is 13.1. The summed E-state index contributed by atoms with van der Waals surface area (Å²) in [5.41, 5.74) is 0.193. The van der Waals surface area contributed by atoms with E-state index in [1.54, 1.807) is 24.3 Å². The van der Waals surface area contributed by atoms with Crippen LogP contribution in [0.25, 0.3) is 22.1 Å². The molecular weight excluding hydrogens is 548 g/mol. The third kappa shape index (κ3) is 5.61. The average molecular weight is 579 g/mol. The van der Waals surface area contributed by atoms with Gasteiger partial charge in [-0.2, -0.15) is 0 Å². The molecule has 2 aliphatic heterocycles. The number of aliphatic hydroxyl groups excluding tert-OH is 6. The second kappa shape index (κ2) is 11.9. The van der Waals surface area contributed by atoms with Gasteiger partial charge in [0.15, 0.2) is 17.6 Å². The fourth-order valence-electron chi connectivity index (χ4n) is 4.62. The molecule has 7 N–H and O–H groups in total. The molecule has 9 unspecified atom stereocenters. The number of methoxy groups -OCH3 is 1. The SMILES string of the molecule is COc1ccc(-c2coc3c(O)c(OC4OC(COC5OCC(O)C(O)C5O)C(O)C(O)C4O)ccc3c2=O)cc1. The van der Waals surface area contributed by atoms with Crippen molar-refractivity contribution >= 4 is 11.0 Å². The molecule has 2 aromatic carbocycles. The number of phenols is 1. The first kappa shape index (κ1) is 29.2. The van der Waals surface area contributed by atoms with Crippen LogP contribution >= 0.6 is 0 Å². The monoisotopic (exact) mass is 578 g/mol. The molecule has 3 aromatic rings. The second-order valence-electron chi connectivity index (χ2n) is 9.71. The van der Waals surface area contributed by atoms with E-state index < -0.39 is 73.1 Å². The molecule has 0 spiro atoms. The van der Waals surface area contributed by atoms with Gasteiger partial charge in [-0.15, -0.1) is 0 Å². The van der Waals surface area contributed by atoms with Crippen molar-refractivity contribution in [1.29, 1.82) is 0 Å². The minimum Gasteiger partial charge on any atom is -0.502 e. The Balaban J connectivity index is 1.33. The van der Waals surface area contributed by atoms with Crippen molar-refractivity contribution in [1.82, 2.24) is 0 Å². The number of phenolic OH excluding ortho intramolecular Hbond substituents is 1. The van der Waals surface area contributed by atoms with Crippen LogP contribution in [0.2, 0.25) is 0 Å². The van der Waals surface area contributed by atoms with E-state index in [4.69, 9.17) is 28.1 Å². The molecule has 3 heterocycles. The Kier molecular flexibility index (Phi) is 8.47. The summed E-state index contributed by atoms with van der Waals surface area (Å²) in [6.45, 7) is -0.801. The molecule has 0 aliphatic carbocycles. The smallest absolute Gasteiger partial charge is 0.229 e. The quantitative estimate of drug-likeness (QED) is 0.176. The van der Waals surface area contributed by atoms with Gasteiger partial charge in [-0.25, -0.2) is 0 Å². The lowest BCUT2D eigenvalue weighted by Crippen LogP contribution is -2.61. The predicted octanol–water partition coefficient (Wildman–Crippen LogP) is -1.18. The molecule has 2 aliphatic rings. The molecule has 0 bridgehead atoms. The molecule has 0 radical (unpaired) electrons. The lowest BCUT2D eigenvalue weighted by atomic mass is 9.99.